The number of hydrogen-bond donors (Lipinski definition) is 2. The van der Waals surface area contributed by atoms with E-state index in [1.165, 1.54) is 13.0 Å². The summed E-state index contributed by atoms with van der Waals surface area (Å²) in [5.74, 6) is -1.21. The molecule has 0 aliphatic carbocycles. The number of benzene rings is 1. The van der Waals surface area contributed by atoms with Gasteiger partial charge in [-0.1, -0.05) is 18.2 Å². The first kappa shape index (κ1) is 11.0. The first-order valence-electron chi connectivity index (χ1n) is 4.37. The Labute approximate surface area is 87.2 Å². The summed E-state index contributed by atoms with van der Waals surface area (Å²) in [4.78, 5) is 21.2. The number of carboxylic acids is 1. The van der Waals surface area contributed by atoms with Gasteiger partial charge in [0.05, 0.1) is 0 Å². The molecule has 0 heterocycles. The average Bonchev–Trinajstić information content (AvgIpc) is 2.15. The summed E-state index contributed by atoms with van der Waals surface area (Å²) in [7, 11) is 0. The topological polar surface area (TPSA) is 66.4 Å². The molecule has 0 aliphatic heterocycles. The van der Waals surface area contributed by atoms with Crippen molar-refractivity contribution in [3.05, 3.63) is 35.9 Å². The van der Waals surface area contributed by atoms with Crippen LogP contribution >= 0.6 is 0 Å². The van der Waals surface area contributed by atoms with Gasteiger partial charge in [-0.15, -0.1) is 0 Å². The van der Waals surface area contributed by atoms with Crippen LogP contribution in [0.1, 0.15) is 12.5 Å². The van der Waals surface area contributed by atoms with Gasteiger partial charge < -0.3 is 10.4 Å². The van der Waals surface area contributed by atoms with E-state index in [0.717, 1.165) is 6.08 Å². The number of amides is 1. The lowest BCUT2D eigenvalue weighted by molar-refractivity contribution is -0.131. The highest BCUT2D eigenvalue weighted by Crippen LogP contribution is 2.16. The van der Waals surface area contributed by atoms with E-state index in [1.807, 2.05) is 0 Å². The summed E-state index contributed by atoms with van der Waals surface area (Å²) in [6.45, 7) is 1.40. The lowest BCUT2D eigenvalue weighted by atomic mass is 10.1. The van der Waals surface area contributed by atoms with E-state index in [1.54, 1.807) is 24.3 Å². The van der Waals surface area contributed by atoms with Crippen LogP contribution in [0.4, 0.5) is 5.69 Å². The quantitative estimate of drug-likeness (QED) is 0.738. The summed E-state index contributed by atoms with van der Waals surface area (Å²) < 4.78 is 0. The van der Waals surface area contributed by atoms with E-state index in [9.17, 15) is 9.59 Å². The molecule has 0 aliphatic rings. The largest absolute Gasteiger partial charge is 0.478 e. The highest BCUT2D eigenvalue weighted by atomic mass is 16.4. The van der Waals surface area contributed by atoms with E-state index in [-0.39, 0.29) is 5.91 Å². The maximum Gasteiger partial charge on any atom is 0.328 e. The lowest BCUT2D eigenvalue weighted by Gasteiger charge is -2.05. The Bertz CT molecular complexity index is 410. The molecule has 0 saturated carbocycles. The summed E-state index contributed by atoms with van der Waals surface area (Å²) in [6, 6.07) is 6.98. The fourth-order valence-corrected chi connectivity index (χ4v) is 1.11. The van der Waals surface area contributed by atoms with Gasteiger partial charge in [0, 0.05) is 18.7 Å². The number of anilines is 1. The normalized spacial score (nSPS) is 10.2. The molecular weight excluding hydrogens is 194 g/mol. The molecule has 0 radical (unpaired) electrons. The molecule has 4 heteroatoms. The molecule has 1 aromatic carbocycles. The summed E-state index contributed by atoms with van der Waals surface area (Å²) in [6.07, 6.45) is 2.47. The van der Waals surface area contributed by atoms with Crippen LogP contribution in [0.2, 0.25) is 0 Å². The minimum atomic E-state index is -1.02. The maximum atomic E-state index is 10.9. The SMILES string of the molecule is CC(=O)Nc1ccccc1/C=C\C(=O)O. The Morgan fingerprint density at radius 3 is 2.60 bits per heavy atom. The minimum Gasteiger partial charge on any atom is -0.478 e. The van der Waals surface area contributed by atoms with Gasteiger partial charge in [0.1, 0.15) is 0 Å². The Balaban J connectivity index is 2.95. The van der Waals surface area contributed by atoms with Crippen LogP contribution in [0.25, 0.3) is 6.08 Å². The van der Waals surface area contributed by atoms with Crippen LogP contribution in [0.5, 0.6) is 0 Å². The van der Waals surface area contributed by atoms with Gasteiger partial charge in [0.2, 0.25) is 5.91 Å². The number of carbonyl (C=O) groups is 2. The fraction of sp³-hybridized carbons (Fsp3) is 0.0909. The molecule has 0 bridgehead atoms. The summed E-state index contributed by atoms with van der Waals surface area (Å²) in [5.41, 5.74) is 1.26. The van der Waals surface area contributed by atoms with Crippen LogP contribution < -0.4 is 5.32 Å². The van der Waals surface area contributed by atoms with E-state index < -0.39 is 5.97 Å². The molecule has 0 aromatic heterocycles. The zero-order valence-electron chi connectivity index (χ0n) is 8.23. The number of carbonyl (C=O) groups excluding carboxylic acids is 1. The smallest absolute Gasteiger partial charge is 0.328 e. The van der Waals surface area contributed by atoms with Crippen molar-refractivity contribution in [3.8, 4) is 0 Å². The third-order valence-corrected chi connectivity index (χ3v) is 1.68. The Morgan fingerprint density at radius 2 is 2.00 bits per heavy atom. The maximum absolute atomic E-state index is 10.9. The van der Waals surface area contributed by atoms with Crippen LogP contribution in [-0.4, -0.2) is 17.0 Å². The Morgan fingerprint density at radius 1 is 1.33 bits per heavy atom. The van der Waals surface area contributed by atoms with Crippen LogP contribution in [0, 0.1) is 0 Å². The van der Waals surface area contributed by atoms with Crippen molar-refractivity contribution in [1.82, 2.24) is 0 Å². The van der Waals surface area contributed by atoms with Crippen LogP contribution in [0.3, 0.4) is 0 Å². The van der Waals surface area contributed by atoms with Crippen molar-refractivity contribution in [2.75, 3.05) is 5.32 Å². The predicted molar refractivity (Wildman–Crippen MR) is 57.4 cm³/mol. The fourth-order valence-electron chi connectivity index (χ4n) is 1.11. The van der Waals surface area contributed by atoms with Gasteiger partial charge >= 0.3 is 5.97 Å². The molecule has 0 unspecified atom stereocenters. The zero-order chi connectivity index (χ0) is 11.3. The molecular formula is C11H11NO3. The number of hydrogen-bond acceptors (Lipinski definition) is 2. The highest BCUT2D eigenvalue weighted by molar-refractivity contribution is 5.93. The van der Waals surface area contributed by atoms with Crippen molar-refractivity contribution in [1.29, 1.82) is 0 Å². The van der Waals surface area contributed by atoms with Gasteiger partial charge in [-0.25, -0.2) is 4.79 Å². The molecule has 1 aromatic rings. The van der Waals surface area contributed by atoms with E-state index in [4.69, 9.17) is 5.11 Å². The van der Waals surface area contributed by atoms with Crippen molar-refractivity contribution < 1.29 is 14.7 Å². The van der Waals surface area contributed by atoms with E-state index in [2.05, 4.69) is 5.32 Å². The third-order valence-electron chi connectivity index (χ3n) is 1.68. The van der Waals surface area contributed by atoms with Crippen LogP contribution in [0.15, 0.2) is 30.3 Å². The monoisotopic (exact) mass is 205 g/mol. The number of aliphatic carboxylic acids is 1. The van der Waals surface area contributed by atoms with Gasteiger partial charge in [0.25, 0.3) is 0 Å². The predicted octanol–water partition coefficient (Wildman–Crippen LogP) is 1.74. The first-order chi connectivity index (χ1) is 7.09. The second-order valence-corrected chi connectivity index (χ2v) is 2.94. The second-order valence-electron chi connectivity index (χ2n) is 2.94. The van der Waals surface area contributed by atoms with Crippen molar-refractivity contribution in [2.24, 2.45) is 0 Å². The number of nitrogens with one attached hydrogen (secondary N) is 1. The van der Waals surface area contributed by atoms with E-state index in [0.29, 0.717) is 11.3 Å². The van der Waals surface area contributed by atoms with Gasteiger partial charge in [-0.2, -0.15) is 0 Å². The molecule has 2 N–H and O–H groups in total. The lowest BCUT2D eigenvalue weighted by Crippen LogP contribution is -2.06. The summed E-state index contributed by atoms with van der Waals surface area (Å²) >= 11 is 0. The van der Waals surface area contributed by atoms with Crippen molar-refractivity contribution in [3.63, 3.8) is 0 Å². The highest BCUT2D eigenvalue weighted by Gasteiger charge is 2.00. The number of para-hydroxylation sites is 1. The average molecular weight is 205 g/mol. The second kappa shape index (κ2) is 4.95. The molecule has 15 heavy (non-hydrogen) atoms. The van der Waals surface area contributed by atoms with E-state index >= 15 is 0 Å². The van der Waals surface area contributed by atoms with Crippen molar-refractivity contribution >= 4 is 23.6 Å². The van der Waals surface area contributed by atoms with Gasteiger partial charge in [-0.3, -0.25) is 4.79 Å². The zero-order valence-corrected chi connectivity index (χ0v) is 8.23. The molecule has 0 atom stereocenters. The van der Waals surface area contributed by atoms with Gasteiger partial charge in [-0.05, 0) is 17.7 Å². The summed E-state index contributed by atoms with van der Waals surface area (Å²) in [5, 5.41) is 11.1. The molecule has 4 nitrogen and oxygen atoms in total. The number of rotatable bonds is 3. The minimum absolute atomic E-state index is 0.189. The third kappa shape index (κ3) is 3.64. The molecule has 1 amide bonds. The Hall–Kier alpha value is -2.10. The molecule has 78 valence electrons. The molecule has 1 rings (SSSR count). The standard InChI is InChI=1S/C11H11NO3/c1-8(13)12-10-5-3-2-4-9(10)6-7-11(14)15/h2-7H,1H3,(H,12,13)(H,14,15)/b7-6-. The van der Waals surface area contributed by atoms with Gasteiger partial charge in [0.15, 0.2) is 0 Å². The first-order valence-corrected chi connectivity index (χ1v) is 4.37. The van der Waals surface area contributed by atoms with Crippen LogP contribution in [-0.2, 0) is 9.59 Å². The molecule has 0 fully saturated rings. The number of carboxylic acid groups (broad SMARTS) is 1. The van der Waals surface area contributed by atoms with Crippen molar-refractivity contribution in [2.45, 2.75) is 6.92 Å². The molecule has 0 saturated heterocycles. The molecule has 0 spiro atoms. The Kier molecular flexibility index (Phi) is 3.62.